The Kier molecular flexibility index (Phi) is 5.27. The van der Waals surface area contributed by atoms with Crippen molar-refractivity contribution in [3.63, 3.8) is 0 Å². The molecule has 3 rings (SSSR count). The summed E-state index contributed by atoms with van der Waals surface area (Å²) in [6.07, 6.45) is 0. The molecule has 0 saturated carbocycles. The zero-order chi connectivity index (χ0) is 18.0. The number of anilines is 1. The predicted molar refractivity (Wildman–Crippen MR) is 103 cm³/mol. The minimum atomic E-state index is -0.345. The molecule has 0 fully saturated rings. The van der Waals surface area contributed by atoms with Crippen LogP contribution in [0.2, 0.25) is 10.0 Å². The molecule has 2 aromatic carbocycles. The van der Waals surface area contributed by atoms with E-state index in [1.54, 1.807) is 25.3 Å². The molecule has 0 aliphatic rings. The highest BCUT2D eigenvalue weighted by Crippen LogP contribution is 2.32. The summed E-state index contributed by atoms with van der Waals surface area (Å²) in [5, 5.41) is 3.85. The average Bonchev–Trinajstić information content (AvgIpc) is 2.97. The van der Waals surface area contributed by atoms with Crippen LogP contribution in [-0.4, -0.2) is 18.0 Å². The van der Waals surface area contributed by atoms with Crippen LogP contribution in [0.4, 0.5) is 5.13 Å². The van der Waals surface area contributed by atoms with Crippen molar-refractivity contribution in [2.24, 2.45) is 0 Å². The average molecular weight is 393 g/mol. The number of ether oxygens (including phenoxy) is 1. The summed E-state index contributed by atoms with van der Waals surface area (Å²) in [6.45, 7) is 1.96. The van der Waals surface area contributed by atoms with Crippen LogP contribution in [0.5, 0.6) is 5.75 Å². The van der Waals surface area contributed by atoms with Crippen molar-refractivity contribution in [2.45, 2.75) is 6.92 Å². The summed E-state index contributed by atoms with van der Waals surface area (Å²) < 4.78 is 5.16. The molecule has 0 unspecified atom stereocenters. The van der Waals surface area contributed by atoms with Gasteiger partial charge < -0.3 is 4.74 Å². The molecule has 0 aliphatic heterocycles. The van der Waals surface area contributed by atoms with Crippen LogP contribution < -0.4 is 10.1 Å². The molecule has 1 heterocycles. The fraction of sp³-hybridized carbons (Fsp3) is 0.111. The standard InChI is InChI=1S/C18H14Cl2N2O2S/c1-10-16(11-6-8-12(24-2)9-7-11)21-18(25-10)22-17(23)13-4-3-5-14(19)15(13)20/h3-9H,1-2H3,(H,21,22,23). The molecule has 0 saturated heterocycles. The van der Waals surface area contributed by atoms with E-state index in [-0.39, 0.29) is 10.9 Å². The van der Waals surface area contributed by atoms with Gasteiger partial charge in [0.2, 0.25) is 0 Å². The van der Waals surface area contributed by atoms with Gasteiger partial charge in [0.05, 0.1) is 28.4 Å². The number of carbonyl (C=O) groups excluding carboxylic acids is 1. The molecule has 3 aromatic rings. The number of nitrogens with one attached hydrogen (secondary N) is 1. The van der Waals surface area contributed by atoms with E-state index in [1.165, 1.54) is 11.3 Å². The smallest absolute Gasteiger partial charge is 0.259 e. The topological polar surface area (TPSA) is 51.2 Å². The lowest BCUT2D eigenvalue weighted by molar-refractivity contribution is 0.102. The van der Waals surface area contributed by atoms with Gasteiger partial charge in [-0.05, 0) is 43.3 Å². The van der Waals surface area contributed by atoms with Crippen molar-refractivity contribution in [1.29, 1.82) is 0 Å². The zero-order valence-electron chi connectivity index (χ0n) is 13.5. The molecule has 4 nitrogen and oxygen atoms in total. The second-order valence-corrected chi connectivity index (χ2v) is 7.20. The van der Waals surface area contributed by atoms with Crippen LogP contribution in [0.25, 0.3) is 11.3 Å². The summed E-state index contributed by atoms with van der Waals surface area (Å²) >= 11 is 13.5. The molecule has 25 heavy (non-hydrogen) atoms. The van der Waals surface area contributed by atoms with Gasteiger partial charge in [-0.25, -0.2) is 4.98 Å². The van der Waals surface area contributed by atoms with Crippen LogP contribution in [-0.2, 0) is 0 Å². The van der Waals surface area contributed by atoms with E-state index in [0.717, 1.165) is 21.9 Å². The molecule has 128 valence electrons. The third-order valence-corrected chi connectivity index (χ3v) is 5.28. The molecular formula is C18H14Cl2N2O2S. The third-order valence-electron chi connectivity index (χ3n) is 3.58. The van der Waals surface area contributed by atoms with Gasteiger partial charge in [-0.1, -0.05) is 29.3 Å². The Bertz CT molecular complexity index is 923. The lowest BCUT2D eigenvalue weighted by Crippen LogP contribution is -2.12. The molecule has 1 N–H and O–H groups in total. The van der Waals surface area contributed by atoms with Crippen molar-refractivity contribution >= 4 is 45.6 Å². The monoisotopic (exact) mass is 392 g/mol. The summed E-state index contributed by atoms with van der Waals surface area (Å²) in [4.78, 5) is 17.9. The third kappa shape index (κ3) is 3.79. The number of aromatic nitrogens is 1. The number of amides is 1. The zero-order valence-corrected chi connectivity index (χ0v) is 15.8. The largest absolute Gasteiger partial charge is 0.497 e. The van der Waals surface area contributed by atoms with E-state index < -0.39 is 0 Å². The normalized spacial score (nSPS) is 10.6. The number of methoxy groups -OCH3 is 1. The number of hydrogen-bond acceptors (Lipinski definition) is 4. The summed E-state index contributed by atoms with van der Waals surface area (Å²) in [6, 6.07) is 12.5. The van der Waals surface area contributed by atoms with E-state index in [0.29, 0.717) is 15.7 Å². The Balaban J connectivity index is 1.84. The lowest BCUT2D eigenvalue weighted by atomic mass is 10.1. The first-order valence-electron chi connectivity index (χ1n) is 7.37. The minimum Gasteiger partial charge on any atom is -0.497 e. The van der Waals surface area contributed by atoms with Gasteiger partial charge >= 0.3 is 0 Å². The number of benzene rings is 2. The minimum absolute atomic E-state index is 0.227. The molecule has 0 bridgehead atoms. The summed E-state index contributed by atoms with van der Waals surface area (Å²) in [5.41, 5.74) is 2.09. The van der Waals surface area contributed by atoms with Gasteiger partial charge in [0.1, 0.15) is 5.75 Å². The molecule has 0 spiro atoms. The Morgan fingerprint density at radius 1 is 1.16 bits per heavy atom. The van der Waals surface area contributed by atoms with Gasteiger partial charge in [-0.3, -0.25) is 10.1 Å². The summed E-state index contributed by atoms with van der Waals surface area (Å²) in [7, 11) is 1.62. The Labute approximate surface area is 159 Å². The highest BCUT2D eigenvalue weighted by Gasteiger charge is 2.16. The number of hydrogen-bond donors (Lipinski definition) is 1. The van der Waals surface area contributed by atoms with E-state index in [1.807, 2.05) is 31.2 Å². The maximum atomic E-state index is 12.4. The molecule has 7 heteroatoms. The van der Waals surface area contributed by atoms with Crippen LogP contribution in [0.3, 0.4) is 0 Å². The van der Waals surface area contributed by atoms with Crippen LogP contribution >= 0.6 is 34.5 Å². The van der Waals surface area contributed by atoms with E-state index in [4.69, 9.17) is 27.9 Å². The van der Waals surface area contributed by atoms with Crippen molar-refractivity contribution < 1.29 is 9.53 Å². The Morgan fingerprint density at radius 3 is 2.56 bits per heavy atom. The van der Waals surface area contributed by atoms with Crippen molar-refractivity contribution in [3.05, 3.63) is 63.0 Å². The first-order chi connectivity index (χ1) is 12.0. The van der Waals surface area contributed by atoms with Crippen LogP contribution in [0.1, 0.15) is 15.2 Å². The predicted octanol–water partition coefficient (Wildman–Crippen LogP) is 5.69. The van der Waals surface area contributed by atoms with E-state index in [9.17, 15) is 4.79 Å². The highest BCUT2D eigenvalue weighted by atomic mass is 35.5. The second kappa shape index (κ2) is 7.44. The number of aryl methyl sites for hydroxylation is 1. The lowest BCUT2D eigenvalue weighted by Gasteiger charge is -2.05. The van der Waals surface area contributed by atoms with E-state index in [2.05, 4.69) is 10.3 Å². The molecule has 0 atom stereocenters. The van der Waals surface area contributed by atoms with Gasteiger partial charge in [0.15, 0.2) is 5.13 Å². The number of thiazole rings is 1. The SMILES string of the molecule is COc1ccc(-c2nc(NC(=O)c3cccc(Cl)c3Cl)sc2C)cc1. The van der Waals surface area contributed by atoms with Crippen LogP contribution in [0.15, 0.2) is 42.5 Å². The second-order valence-electron chi connectivity index (χ2n) is 5.21. The van der Waals surface area contributed by atoms with Gasteiger partial charge in [-0.15, -0.1) is 11.3 Å². The maximum absolute atomic E-state index is 12.4. The Hall–Kier alpha value is -2.08. The number of halogens is 2. The molecule has 1 amide bonds. The van der Waals surface area contributed by atoms with Crippen molar-refractivity contribution in [1.82, 2.24) is 4.98 Å². The van der Waals surface area contributed by atoms with Gasteiger partial charge in [-0.2, -0.15) is 0 Å². The quantitative estimate of drug-likeness (QED) is 0.620. The summed E-state index contributed by atoms with van der Waals surface area (Å²) in [5.74, 6) is 0.434. The molecule has 0 radical (unpaired) electrons. The highest BCUT2D eigenvalue weighted by molar-refractivity contribution is 7.16. The molecule has 0 aliphatic carbocycles. The van der Waals surface area contributed by atoms with Gasteiger partial charge in [0.25, 0.3) is 5.91 Å². The van der Waals surface area contributed by atoms with Gasteiger partial charge in [0, 0.05) is 10.4 Å². The van der Waals surface area contributed by atoms with Crippen molar-refractivity contribution in [2.75, 3.05) is 12.4 Å². The maximum Gasteiger partial charge on any atom is 0.259 e. The first kappa shape index (κ1) is 17.7. The van der Waals surface area contributed by atoms with Crippen LogP contribution in [0, 0.1) is 6.92 Å². The fourth-order valence-electron chi connectivity index (χ4n) is 2.31. The van der Waals surface area contributed by atoms with E-state index >= 15 is 0 Å². The molecular weight excluding hydrogens is 379 g/mol. The first-order valence-corrected chi connectivity index (χ1v) is 8.94. The number of carbonyl (C=O) groups is 1. The fourth-order valence-corrected chi connectivity index (χ4v) is 3.53. The number of nitrogens with zero attached hydrogens (tertiary/aromatic N) is 1. The Morgan fingerprint density at radius 2 is 1.88 bits per heavy atom. The van der Waals surface area contributed by atoms with Crippen molar-refractivity contribution in [3.8, 4) is 17.0 Å². The number of rotatable bonds is 4. The molecule has 1 aromatic heterocycles.